The molecule has 4 N–H and O–H groups in total. The molecule has 0 saturated heterocycles. The third kappa shape index (κ3) is 3.58. The maximum atomic E-state index is 12.2. The van der Waals surface area contributed by atoms with E-state index in [2.05, 4.69) is 4.72 Å². The average Bonchev–Trinajstić information content (AvgIpc) is 2.48. The van der Waals surface area contributed by atoms with Crippen molar-refractivity contribution in [3.8, 4) is 5.75 Å². The van der Waals surface area contributed by atoms with Gasteiger partial charge in [0.05, 0.1) is 10.5 Å². The Hall–Kier alpha value is -3.07. The van der Waals surface area contributed by atoms with Gasteiger partial charge in [-0.1, -0.05) is 0 Å². The number of phenols is 1. The molecule has 23 heavy (non-hydrogen) atoms. The summed E-state index contributed by atoms with van der Waals surface area (Å²) in [5, 5.41) is 27.1. The third-order valence-electron chi connectivity index (χ3n) is 2.89. The molecule has 0 saturated carbocycles. The fourth-order valence-electron chi connectivity index (χ4n) is 1.76. The van der Waals surface area contributed by atoms with Crippen LogP contribution in [0.1, 0.15) is 20.7 Å². The highest BCUT2D eigenvalue weighted by molar-refractivity contribution is 7.92. The summed E-state index contributed by atoms with van der Waals surface area (Å²) in [5.41, 5.74) is -0.573. The van der Waals surface area contributed by atoms with Crippen LogP contribution in [0.4, 0.5) is 5.69 Å². The van der Waals surface area contributed by atoms with Crippen LogP contribution >= 0.6 is 0 Å². The molecule has 0 amide bonds. The molecule has 120 valence electrons. The van der Waals surface area contributed by atoms with E-state index in [1.54, 1.807) is 0 Å². The second-order valence-electron chi connectivity index (χ2n) is 4.47. The predicted octanol–water partition coefficient (Wildman–Crippen LogP) is 1.59. The van der Waals surface area contributed by atoms with E-state index < -0.39 is 33.3 Å². The summed E-state index contributed by atoms with van der Waals surface area (Å²) < 4.78 is 26.5. The number of carbonyl (C=O) groups is 2. The van der Waals surface area contributed by atoms with Crippen molar-refractivity contribution in [3.05, 3.63) is 53.6 Å². The number of nitrogens with one attached hydrogen (secondary N) is 1. The molecule has 0 aromatic heterocycles. The van der Waals surface area contributed by atoms with E-state index in [4.69, 9.17) is 10.2 Å². The summed E-state index contributed by atoms with van der Waals surface area (Å²) >= 11 is 0. The summed E-state index contributed by atoms with van der Waals surface area (Å²) in [6, 6.07) is 7.72. The van der Waals surface area contributed by atoms with Crippen LogP contribution in [0.2, 0.25) is 0 Å². The molecule has 2 aromatic rings. The first-order valence-electron chi connectivity index (χ1n) is 6.13. The maximum Gasteiger partial charge on any atom is 0.339 e. The zero-order valence-electron chi connectivity index (χ0n) is 11.4. The van der Waals surface area contributed by atoms with E-state index in [1.807, 2.05) is 0 Å². The zero-order valence-corrected chi connectivity index (χ0v) is 12.2. The number of hydrogen-bond acceptors (Lipinski definition) is 5. The number of rotatable bonds is 5. The SMILES string of the molecule is O=C(O)c1ccc(S(=O)(=O)Nc2ccc(O)c(C(=O)O)c2)cc1. The minimum absolute atomic E-state index is 0.0532. The van der Waals surface area contributed by atoms with Crippen molar-refractivity contribution in [2.45, 2.75) is 4.90 Å². The average molecular weight is 337 g/mol. The Labute approximate surface area is 130 Å². The molecule has 0 radical (unpaired) electrons. The number of benzene rings is 2. The van der Waals surface area contributed by atoms with Gasteiger partial charge in [-0.05, 0) is 42.5 Å². The fraction of sp³-hybridized carbons (Fsp3) is 0. The maximum absolute atomic E-state index is 12.2. The molecule has 0 bridgehead atoms. The van der Waals surface area contributed by atoms with Gasteiger partial charge in [0.2, 0.25) is 0 Å². The zero-order chi connectivity index (χ0) is 17.2. The Bertz CT molecular complexity index is 872. The van der Waals surface area contributed by atoms with Gasteiger partial charge >= 0.3 is 11.9 Å². The molecule has 0 atom stereocenters. The standard InChI is InChI=1S/C14H11NO7S/c16-12-6-3-9(7-11(12)14(19)20)15-23(21,22)10-4-1-8(2-5-10)13(17)18/h1-7,15-16H,(H,17,18)(H,19,20). The Kier molecular flexibility index (Phi) is 4.23. The molecule has 9 heteroatoms. The number of hydrogen-bond donors (Lipinski definition) is 4. The predicted molar refractivity (Wildman–Crippen MR) is 79.3 cm³/mol. The van der Waals surface area contributed by atoms with Crippen LogP contribution in [0, 0.1) is 0 Å². The molecule has 0 aliphatic heterocycles. The quantitative estimate of drug-likeness (QED) is 0.607. The molecule has 0 aliphatic rings. The highest BCUT2D eigenvalue weighted by atomic mass is 32.2. The van der Waals surface area contributed by atoms with Crippen molar-refractivity contribution in [2.75, 3.05) is 4.72 Å². The van der Waals surface area contributed by atoms with Crippen LogP contribution in [0.15, 0.2) is 47.4 Å². The number of aromatic hydroxyl groups is 1. The fourth-order valence-corrected chi connectivity index (χ4v) is 2.81. The van der Waals surface area contributed by atoms with Crippen LogP contribution < -0.4 is 4.72 Å². The lowest BCUT2D eigenvalue weighted by Crippen LogP contribution is -2.13. The van der Waals surface area contributed by atoms with Crippen LogP contribution in [0.3, 0.4) is 0 Å². The van der Waals surface area contributed by atoms with Gasteiger partial charge in [0.1, 0.15) is 11.3 Å². The lowest BCUT2D eigenvalue weighted by molar-refractivity contribution is 0.0684. The number of carboxylic acid groups (broad SMARTS) is 2. The summed E-state index contributed by atoms with van der Waals surface area (Å²) in [6.07, 6.45) is 0. The van der Waals surface area contributed by atoms with Crippen LogP contribution in [-0.2, 0) is 10.0 Å². The van der Waals surface area contributed by atoms with Crippen LogP contribution in [0.5, 0.6) is 5.75 Å². The van der Waals surface area contributed by atoms with Crippen molar-refractivity contribution in [3.63, 3.8) is 0 Å². The third-order valence-corrected chi connectivity index (χ3v) is 4.29. The Morgan fingerprint density at radius 2 is 1.52 bits per heavy atom. The van der Waals surface area contributed by atoms with Crippen molar-refractivity contribution in [2.24, 2.45) is 0 Å². The first-order chi connectivity index (χ1) is 10.7. The van der Waals surface area contributed by atoms with Gasteiger partial charge in [-0.2, -0.15) is 0 Å². The van der Waals surface area contributed by atoms with Crippen molar-refractivity contribution < 1.29 is 33.3 Å². The van der Waals surface area contributed by atoms with E-state index >= 15 is 0 Å². The first kappa shape index (κ1) is 16.3. The van der Waals surface area contributed by atoms with Gasteiger partial charge < -0.3 is 15.3 Å². The Morgan fingerprint density at radius 1 is 0.913 bits per heavy atom. The topological polar surface area (TPSA) is 141 Å². The van der Waals surface area contributed by atoms with Crippen molar-refractivity contribution >= 4 is 27.6 Å². The van der Waals surface area contributed by atoms with Gasteiger partial charge in [-0.3, -0.25) is 4.72 Å². The van der Waals surface area contributed by atoms with Gasteiger partial charge in [-0.25, -0.2) is 18.0 Å². The molecule has 0 aliphatic carbocycles. The normalized spacial score (nSPS) is 11.0. The molecule has 8 nitrogen and oxygen atoms in total. The Morgan fingerprint density at radius 3 is 2.04 bits per heavy atom. The number of carboxylic acids is 2. The van der Waals surface area contributed by atoms with Gasteiger partial charge in [0.15, 0.2) is 0 Å². The molecule has 0 fully saturated rings. The molecular weight excluding hydrogens is 326 g/mol. The summed E-state index contributed by atoms with van der Waals surface area (Å²) in [4.78, 5) is 21.5. The number of anilines is 1. The second-order valence-corrected chi connectivity index (χ2v) is 6.15. The smallest absolute Gasteiger partial charge is 0.339 e. The van der Waals surface area contributed by atoms with Gasteiger partial charge in [0, 0.05) is 5.69 Å². The summed E-state index contributed by atoms with van der Waals surface area (Å²) in [5.74, 6) is -3.09. The van der Waals surface area contributed by atoms with Crippen LogP contribution in [0.25, 0.3) is 0 Å². The number of sulfonamides is 1. The molecule has 0 spiro atoms. The second kappa shape index (κ2) is 5.97. The van der Waals surface area contributed by atoms with Crippen molar-refractivity contribution in [1.82, 2.24) is 0 Å². The lowest BCUT2D eigenvalue weighted by Gasteiger charge is -2.09. The van der Waals surface area contributed by atoms with E-state index in [0.717, 1.165) is 36.4 Å². The largest absolute Gasteiger partial charge is 0.507 e. The molecular formula is C14H11NO7S. The van der Waals surface area contributed by atoms with E-state index in [9.17, 15) is 23.1 Å². The van der Waals surface area contributed by atoms with Gasteiger partial charge in [-0.15, -0.1) is 0 Å². The highest BCUT2D eigenvalue weighted by Crippen LogP contribution is 2.23. The van der Waals surface area contributed by atoms with Crippen LogP contribution in [-0.4, -0.2) is 35.7 Å². The highest BCUT2D eigenvalue weighted by Gasteiger charge is 2.17. The molecule has 0 unspecified atom stereocenters. The molecule has 2 aromatic carbocycles. The molecule has 2 rings (SSSR count). The minimum Gasteiger partial charge on any atom is -0.507 e. The lowest BCUT2D eigenvalue weighted by atomic mass is 10.2. The summed E-state index contributed by atoms with van der Waals surface area (Å²) in [6.45, 7) is 0. The van der Waals surface area contributed by atoms with E-state index in [-0.39, 0.29) is 16.1 Å². The van der Waals surface area contributed by atoms with Crippen molar-refractivity contribution in [1.29, 1.82) is 0 Å². The van der Waals surface area contributed by atoms with Gasteiger partial charge in [0.25, 0.3) is 10.0 Å². The number of aromatic carboxylic acids is 2. The minimum atomic E-state index is -4.03. The molecule has 0 heterocycles. The first-order valence-corrected chi connectivity index (χ1v) is 7.61. The van der Waals surface area contributed by atoms with E-state index in [0.29, 0.717) is 0 Å². The monoisotopic (exact) mass is 337 g/mol. The Balaban J connectivity index is 2.33. The summed E-state index contributed by atoms with van der Waals surface area (Å²) in [7, 11) is -4.03. The van der Waals surface area contributed by atoms with E-state index in [1.165, 1.54) is 6.07 Å².